The van der Waals surface area contributed by atoms with E-state index in [1.54, 1.807) is 23.7 Å². The van der Waals surface area contributed by atoms with Crippen LogP contribution in [0.3, 0.4) is 0 Å². The van der Waals surface area contributed by atoms with Crippen molar-refractivity contribution in [3.05, 3.63) is 18.2 Å². The summed E-state index contributed by atoms with van der Waals surface area (Å²) < 4.78 is 1.91. The Morgan fingerprint density at radius 2 is 2.36 bits per heavy atom. The van der Waals surface area contributed by atoms with Gasteiger partial charge in [0.15, 0.2) is 0 Å². The van der Waals surface area contributed by atoms with Crippen LogP contribution >= 0.6 is 0 Å². The highest BCUT2D eigenvalue weighted by atomic mass is 15.4. The molecular formula is C7H12N4. The van der Waals surface area contributed by atoms with E-state index in [1.807, 2.05) is 25.7 Å². The fourth-order valence-corrected chi connectivity index (χ4v) is 0.666. The molecular weight excluding hydrogens is 140 g/mol. The SMILES string of the molecule is CN(C)/N=C/c1cncn1C. The van der Waals surface area contributed by atoms with Crippen molar-refractivity contribution in [2.75, 3.05) is 14.1 Å². The second kappa shape index (κ2) is 3.18. The predicted molar refractivity (Wildman–Crippen MR) is 44.5 cm³/mol. The maximum absolute atomic E-state index is 4.08. The number of imidazole rings is 1. The molecule has 1 rings (SSSR count). The fourth-order valence-electron chi connectivity index (χ4n) is 0.666. The van der Waals surface area contributed by atoms with Gasteiger partial charge in [-0.1, -0.05) is 0 Å². The third-order valence-electron chi connectivity index (χ3n) is 1.27. The number of aryl methyl sites for hydroxylation is 1. The van der Waals surface area contributed by atoms with Gasteiger partial charge in [0.1, 0.15) is 0 Å². The predicted octanol–water partition coefficient (Wildman–Crippen LogP) is 0.316. The lowest BCUT2D eigenvalue weighted by atomic mass is 10.5. The summed E-state index contributed by atoms with van der Waals surface area (Å²) in [5, 5.41) is 5.82. The Labute approximate surface area is 66.2 Å². The van der Waals surface area contributed by atoms with E-state index in [9.17, 15) is 0 Å². The second-order valence-corrected chi connectivity index (χ2v) is 2.52. The molecule has 0 aliphatic rings. The molecule has 0 N–H and O–H groups in total. The molecule has 0 bridgehead atoms. The van der Waals surface area contributed by atoms with Crippen molar-refractivity contribution in [2.24, 2.45) is 12.1 Å². The standard InChI is InChI=1S/C7H12N4/c1-10(2)9-5-7-4-8-6-11(7)3/h4-6H,1-3H3/b9-5+. The van der Waals surface area contributed by atoms with E-state index in [4.69, 9.17) is 0 Å². The zero-order valence-electron chi connectivity index (χ0n) is 7.02. The fraction of sp³-hybridized carbons (Fsp3) is 0.429. The van der Waals surface area contributed by atoms with Crippen LogP contribution in [0.25, 0.3) is 0 Å². The normalized spacial score (nSPS) is 10.8. The molecule has 1 heterocycles. The first kappa shape index (κ1) is 7.78. The molecule has 0 atom stereocenters. The topological polar surface area (TPSA) is 33.4 Å². The van der Waals surface area contributed by atoms with E-state index in [0.717, 1.165) is 5.69 Å². The average molecular weight is 152 g/mol. The summed E-state index contributed by atoms with van der Waals surface area (Å²) in [6.07, 6.45) is 5.29. The van der Waals surface area contributed by atoms with Crippen LogP contribution in [0.5, 0.6) is 0 Å². The molecule has 11 heavy (non-hydrogen) atoms. The van der Waals surface area contributed by atoms with Gasteiger partial charge in [-0.05, 0) is 0 Å². The first-order valence-corrected chi connectivity index (χ1v) is 3.38. The molecule has 0 saturated carbocycles. The maximum atomic E-state index is 4.08. The van der Waals surface area contributed by atoms with Crippen LogP contribution in [0.15, 0.2) is 17.6 Å². The van der Waals surface area contributed by atoms with Crippen LogP contribution in [-0.2, 0) is 7.05 Å². The lowest BCUT2D eigenvalue weighted by molar-refractivity contribution is 0.440. The number of aromatic nitrogens is 2. The van der Waals surface area contributed by atoms with Crippen molar-refractivity contribution in [3.8, 4) is 0 Å². The molecule has 1 aromatic heterocycles. The maximum Gasteiger partial charge on any atom is 0.0948 e. The van der Waals surface area contributed by atoms with Crippen molar-refractivity contribution in [2.45, 2.75) is 0 Å². The van der Waals surface area contributed by atoms with E-state index >= 15 is 0 Å². The van der Waals surface area contributed by atoms with E-state index in [1.165, 1.54) is 0 Å². The number of nitrogens with zero attached hydrogens (tertiary/aromatic N) is 4. The number of rotatable bonds is 2. The number of hydrogen-bond acceptors (Lipinski definition) is 3. The largest absolute Gasteiger partial charge is 0.333 e. The summed E-state index contributed by atoms with van der Waals surface area (Å²) in [5.41, 5.74) is 0.999. The van der Waals surface area contributed by atoms with Crippen LogP contribution in [0.2, 0.25) is 0 Å². The van der Waals surface area contributed by atoms with E-state index < -0.39 is 0 Å². The molecule has 60 valence electrons. The van der Waals surface area contributed by atoms with Gasteiger partial charge in [0.05, 0.1) is 24.4 Å². The Kier molecular flexibility index (Phi) is 2.25. The molecule has 1 aromatic rings. The highest BCUT2D eigenvalue weighted by Crippen LogP contribution is 1.91. The Bertz CT molecular complexity index is 249. The molecule has 4 nitrogen and oxygen atoms in total. The average Bonchev–Trinajstić information content (AvgIpc) is 2.31. The van der Waals surface area contributed by atoms with Crippen molar-refractivity contribution < 1.29 is 0 Å². The molecule has 0 saturated heterocycles. The quantitative estimate of drug-likeness (QED) is 0.451. The minimum atomic E-state index is 0.999. The molecule has 0 amide bonds. The van der Waals surface area contributed by atoms with Gasteiger partial charge in [-0.15, -0.1) is 0 Å². The van der Waals surface area contributed by atoms with Crippen LogP contribution in [0.1, 0.15) is 5.69 Å². The summed E-state index contributed by atoms with van der Waals surface area (Å²) in [6.45, 7) is 0. The molecule has 0 aromatic carbocycles. The molecule has 0 aliphatic carbocycles. The van der Waals surface area contributed by atoms with E-state index in [-0.39, 0.29) is 0 Å². The highest BCUT2D eigenvalue weighted by Gasteiger charge is 1.91. The van der Waals surface area contributed by atoms with Gasteiger partial charge in [0.25, 0.3) is 0 Å². The first-order chi connectivity index (χ1) is 5.20. The van der Waals surface area contributed by atoms with Gasteiger partial charge in [0, 0.05) is 21.1 Å². The summed E-state index contributed by atoms with van der Waals surface area (Å²) in [4.78, 5) is 3.95. The van der Waals surface area contributed by atoms with Gasteiger partial charge in [-0.25, -0.2) is 4.98 Å². The van der Waals surface area contributed by atoms with Crippen molar-refractivity contribution in [3.63, 3.8) is 0 Å². The highest BCUT2D eigenvalue weighted by molar-refractivity contribution is 5.76. The van der Waals surface area contributed by atoms with Crippen LogP contribution < -0.4 is 0 Å². The molecule has 0 radical (unpaired) electrons. The summed E-state index contributed by atoms with van der Waals surface area (Å²) in [5.74, 6) is 0. The van der Waals surface area contributed by atoms with E-state index in [2.05, 4.69) is 10.1 Å². The zero-order chi connectivity index (χ0) is 8.27. The van der Waals surface area contributed by atoms with Crippen LogP contribution in [0.4, 0.5) is 0 Å². The second-order valence-electron chi connectivity index (χ2n) is 2.52. The molecule has 0 aliphatic heterocycles. The molecule has 4 heteroatoms. The Hall–Kier alpha value is -1.32. The van der Waals surface area contributed by atoms with Gasteiger partial charge < -0.3 is 9.58 Å². The Morgan fingerprint density at radius 1 is 1.64 bits per heavy atom. The van der Waals surface area contributed by atoms with Crippen molar-refractivity contribution >= 4 is 6.21 Å². The van der Waals surface area contributed by atoms with Crippen molar-refractivity contribution in [1.29, 1.82) is 0 Å². The lowest BCUT2D eigenvalue weighted by Crippen LogP contribution is -2.03. The van der Waals surface area contributed by atoms with E-state index in [0.29, 0.717) is 0 Å². The minimum absolute atomic E-state index is 0.999. The Balaban J connectivity index is 2.71. The van der Waals surface area contributed by atoms with Gasteiger partial charge >= 0.3 is 0 Å². The van der Waals surface area contributed by atoms with Crippen molar-refractivity contribution in [1.82, 2.24) is 14.6 Å². The summed E-state index contributed by atoms with van der Waals surface area (Å²) in [6, 6.07) is 0. The lowest BCUT2D eigenvalue weighted by Gasteiger charge is -2.01. The molecule has 0 spiro atoms. The monoisotopic (exact) mass is 152 g/mol. The van der Waals surface area contributed by atoms with Gasteiger partial charge in [0.2, 0.25) is 0 Å². The first-order valence-electron chi connectivity index (χ1n) is 3.38. The third kappa shape index (κ3) is 2.07. The number of hydrazone groups is 1. The van der Waals surface area contributed by atoms with Gasteiger partial charge in [-0.2, -0.15) is 5.10 Å². The third-order valence-corrected chi connectivity index (χ3v) is 1.27. The molecule has 0 fully saturated rings. The minimum Gasteiger partial charge on any atom is -0.333 e. The van der Waals surface area contributed by atoms with Gasteiger partial charge in [-0.3, -0.25) is 0 Å². The summed E-state index contributed by atoms with van der Waals surface area (Å²) >= 11 is 0. The molecule has 0 unspecified atom stereocenters. The number of hydrogen-bond donors (Lipinski definition) is 0. The zero-order valence-corrected chi connectivity index (χ0v) is 7.02. The summed E-state index contributed by atoms with van der Waals surface area (Å²) in [7, 11) is 5.70. The smallest absolute Gasteiger partial charge is 0.0948 e. The Morgan fingerprint density at radius 3 is 2.82 bits per heavy atom. The van der Waals surface area contributed by atoms with Crippen LogP contribution in [0, 0.1) is 0 Å². The van der Waals surface area contributed by atoms with Crippen LogP contribution in [-0.4, -0.2) is 34.9 Å².